The SMILES string of the molecule is CCNC(Cc1nccs1)c1cc(OC)ccc1OC. The number of likely N-dealkylation sites (N-methyl/N-ethyl adjacent to an activating group) is 1. The van der Waals surface area contributed by atoms with Crippen LogP contribution in [0.5, 0.6) is 11.5 Å². The molecule has 1 unspecified atom stereocenters. The van der Waals surface area contributed by atoms with Crippen molar-refractivity contribution in [1.29, 1.82) is 0 Å². The Labute approximate surface area is 123 Å². The van der Waals surface area contributed by atoms with Crippen LogP contribution in [-0.4, -0.2) is 25.7 Å². The van der Waals surface area contributed by atoms with Crippen molar-refractivity contribution in [3.63, 3.8) is 0 Å². The molecule has 1 aromatic heterocycles. The monoisotopic (exact) mass is 292 g/mol. The van der Waals surface area contributed by atoms with Gasteiger partial charge in [0.05, 0.1) is 19.2 Å². The second kappa shape index (κ2) is 7.26. The third-order valence-corrected chi connectivity index (χ3v) is 3.93. The standard InChI is InChI=1S/C15H20N2O2S/c1-4-16-13(10-15-17-7-8-20-15)12-9-11(18-2)5-6-14(12)19-3/h5-9,13,16H,4,10H2,1-3H3. The molecule has 1 heterocycles. The van der Waals surface area contributed by atoms with E-state index >= 15 is 0 Å². The number of hydrogen-bond acceptors (Lipinski definition) is 5. The van der Waals surface area contributed by atoms with Gasteiger partial charge in [0.15, 0.2) is 0 Å². The van der Waals surface area contributed by atoms with E-state index in [1.54, 1.807) is 25.6 Å². The van der Waals surface area contributed by atoms with Crippen LogP contribution < -0.4 is 14.8 Å². The van der Waals surface area contributed by atoms with Gasteiger partial charge in [0.25, 0.3) is 0 Å². The summed E-state index contributed by atoms with van der Waals surface area (Å²) in [6.45, 7) is 2.98. The Hall–Kier alpha value is -1.59. The van der Waals surface area contributed by atoms with E-state index in [0.29, 0.717) is 0 Å². The number of methoxy groups -OCH3 is 2. The van der Waals surface area contributed by atoms with Crippen molar-refractivity contribution in [2.45, 2.75) is 19.4 Å². The number of nitrogens with zero attached hydrogens (tertiary/aromatic N) is 1. The first-order chi connectivity index (χ1) is 9.78. The van der Waals surface area contributed by atoms with Crippen LogP contribution in [0.2, 0.25) is 0 Å². The van der Waals surface area contributed by atoms with Gasteiger partial charge in [-0.15, -0.1) is 11.3 Å². The molecule has 0 fully saturated rings. The van der Waals surface area contributed by atoms with Crippen LogP contribution in [0.15, 0.2) is 29.8 Å². The van der Waals surface area contributed by atoms with E-state index in [-0.39, 0.29) is 6.04 Å². The van der Waals surface area contributed by atoms with Gasteiger partial charge in [0.2, 0.25) is 0 Å². The first-order valence-electron chi connectivity index (χ1n) is 6.62. The van der Waals surface area contributed by atoms with Crippen molar-refractivity contribution in [1.82, 2.24) is 10.3 Å². The van der Waals surface area contributed by atoms with Crippen LogP contribution in [0.3, 0.4) is 0 Å². The lowest BCUT2D eigenvalue weighted by atomic mass is 10.0. The van der Waals surface area contributed by atoms with Gasteiger partial charge in [-0.05, 0) is 24.7 Å². The molecular formula is C15H20N2O2S. The molecule has 1 N–H and O–H groups in total. The highest BCUT2D eigenvalue weighted by Crippen LogP contribution is 2.31. The minimum absolute atomic E-state index is 0.163. The van der Waals surface area contributed by atoms with Crippen LogP contribution in [0.25, 0.3) is 0 Å². The van der Waals surface area contributed by atoms with Crippen molar-refractivity contribution in [3.8, 4) is 11.5 Å². The number of ether oxygens (including phenoxy) is 2. The molecule has 5 heteroatoms. The Morgan fingerprint density at radius 2 is 2.15 bits per heavy atom. The first-order valence-corrected chi connectivity index (χ1v) is 7.50. The van der Waals surface area contributed by atoms with E-state index in [1.165, 1.54) is 0 Å². The highest BCUT2D eigenvalue weighted by molar-refractivity contribution is 7.09. The van der Waals surface area contributed by atoms with E-state index in [9.17, 15) is 0 Å². The van der Waals surface area contributed by atoms with Crippen LogP contribution >= 0.6 is 11.3 Å². The van der Waals surface area contributed by atoms with E-state index in [2.05, 4.69) is 17.2 Å². The first kappa shape index (κ1) is 14.8. The zero-order valence-electron chi connectivity index (χ0n) is 12.1. The van der Waals surface area contributed by atoms with Crippen LogP contribution in [0.1, 0.15) is 23.5 Å². The Kier molecular flexibility index (Phi) is 5.38. The van der Waals surface area contributed by atoms with Gasteiger partial charge >= 0.3 is 0 Å². The predicted molar refractivity (Wildman–Crippen MR) is 81.8 cm³/mol. The molecule has 0 saturated carbocycles. The van der Waals surface area contributed by atoms with Crippen LogP contribution in [-0.2, 0) is 6.42 Å². The minimum Gasteiger partial charge on any atom is -0.497 e. The number of hydrogen-bond donors (Lipinski definition) is 1. The molecule has 0 radical (unpaired) electrons. The summed E-state index contributed by atoms with van der Waals surface area (Å²) < 4.78 is 10.8. The van der Waals surface area contributed by atoms with Crippen molar-refractivity contribution in [2.24, 2.45) is 0 Å². The molecule has 0 aliphatic carbocycles. The summed E-state index contributed by atoms with van der Waals surface area (Å²) in [5.74, 6) is 1.70. The van der Waals surface area contributed by atoms with Crippen molar-refractivity contribution in [3.05, 3.63) is 40.3 Å². The molecule has 0 spiro atoms. The van der Waals surface area contributed by atoms with Gasteiger partial charge < -0.3 is 14.8 Å². The molecule has 0 saturated heterocycles. The third-order valence-electron chi connectivity index (χ3n) is 3.13. The summed E-state index contributed by atoms with van der Waals surface area (Å²) in [5.41, 5.74) is 1.10. The average Bonchev–Trinajstić information content (AvgIpc) is 2.99. The number of aromatic nitrogens is 1. The molecule has 2 aromatic rings. The fourth-order valence-corrected chi connectivity index (χ4v) is 2.84. The molecule has 2 rings (SSSR count). The van der Waals surface area contributed by atoms with E-state index < -0.39 is 0 Å². The Morgan fingerprint density at radius 3 is 2.75 bits per heavy atom. The van der Waals surface area contributed by atoms with E-state index in [1.807, 2.05) is 29.8 Å². The molecule has 4 nitrogen and oxygen atoms in total. The minimum atomic E-state index is 0.163. The molecule has 20 heavy (non-hydrogen) atoms. The smallest absolute Gasteiger partial charge is 0.123 e. The van der Waals surface area contributed by atoms with Crippen molar-refractivity contribution >= 4 is 11.3 Å². The fraction of sp³-hybridized carbons (Fsp3) is 0.400. The summed E-state index contributed by atoms with van der Waals surface area (Å²) >= 11 is 1.67. The van der Waals surface area contributed by atoms with Gasteiger partial charge in [-0.25, -0.2) is 4.98 Å². The van der Waals surface area contributed by atoms with Gasteiger partial charge in [-0.2, -0.15) is 0 Å². The molecule has 1 atom stereocenters. The molecule has 0 amide bonds. The summed E-state index contributed by atoms with van der Waals surface area (Å²) in [6, 6.07) is 6.05. The zero-order valence-corrected chi connectivity index (χ0v) is 12.9. The highest BCUT2D eigenvalue weighted by Gasteiger charge is 2.18. The van der Waals surface area contributed by atoms with Crippen molar-refractivity contribution < 1.29 is 9.47 Å². The summed E-state index contributed by atoms with van der Waals surface area (Å²) in [6.07, 6.45) is 2.68. The largest absolute Gasteiger partial charge is 0.497 e. The lowest BCUT2D eigenvalue weighted by Crippen LogP contribution is -2.23. The normalized spacial score (nSPS) is 12.2. The van der Waals surface area contributed by atoms with Crippen LogP contribution in [0.4, 0.5) is 0 Å². The summed E-state index contributed by atoms with van der Waals surface area (Å²) in [5, 5.41) is 6.61. The van der Waals surface area contributed by atoms with Crippen molar-refractivity contribution in [2.75, 3.05) is 20.8 Å². The maximum atomic E-state index is 5.48. The second-order valence-corrected chi connectivity index (χ2v) is 5.33. The second-order valence-electron chi connectivity index (χ2n) is 4.35. The number of rotatable bonds is 7. The van der Waals surface area contributed by atoms with Gasteiger partial charge in [-0.3, -0.25) is 0 Å². The molecule has 108 valence electrons. The van der Waals surface area contributed by atoms with Crippen LogP contribution in [0, 0.1) is 0 Å². The fourth-order valence-electron chi connectivity index (χ4n) is 2.18. The molecule has 0 aliphatic heterocycles. The Morgan fingerprint density at radius 1 is 1.30 bits per heavy atom. The van der Waals surface area contributed by atoms with E-state index in [0.717, 1.165) is 35.0 Å². The Balaban J connectivity index is 2.31. The van der Waals surface area contributed by atoms with E-state index in [4.69, 9.17) is 9.47 Å². The Bertz CT molecular complexity index is 529. The quantitative estimate of drug-likeness (QED) is 0.852. The molecule has 0 bridgehead atoms. The summed E-state index contributed by atoms with van der Waals surface area (Å²) in [4.78, 5) is 4.37. The van der Waals surface area contributed by atoms with Gasteiger partial charge in [-0.1, -0.05) is 6.92 Å². The van der Waals surface area contributed by atoms with Gasteiger partial charge in [0, 0.05) is 29.6 Å². The number of benzene rings is 1. The third kappa shape index (κ3) is 3.49. The predicted octanol–water partition coefficient (Wildman–Crippen LogP) is 3.05. The lowest BCUT2D eigenvalue weighted by Gasteiger charge is -2.20. The zero-order chi connectivity index (χ0) is 14.4. The summed E-state index contributed by atoms with van der Waals surface area (Å²) in [7, 11) is 3.37. The average molecular weight is 292 g/mol. The molecule has 1 aromatic carbocycles. The molecular weight excluding hydrogens is 272 g/mol. The lowest BCUT2D eigenvalue weighted by molar-refractivity contribution is 0.389. The molecule has 0 aliphatic rings. The maximum Gasteiger partial charge on any atom is 0.123 e. The topological polar surface area (TPSA) is 43.4 Å². The maximum absolute atomic E-state index is 5.48. The number of thiazole rings is 1. The number of nitrogens with one attached hydrogen (secondary N) is 1. The highest BCUT2D eigenvalue weighted by atomic mass is 32.1. The van der Waals surface area contributed by atoms with Gasteiger partial charge in [0.1, 0.15) is 11.5 Å².